The molecule has 0 radical (unpaired) electrons. The quantitative estimate of drug-likeness (QED) is 0.554. The summed E-state index contributed by atoms with van der Waals surface area (Å²) in [4.78, 5) is 12.6. The van der Waals surface area contributed by atoms with E-state index in [-0.39, 0.29) is 10.6 Å². The number of aromatic nitrogens is 2. The average molecular weight is 222 g/mol. The Balaban J connectivity index is 1.83. The van der Waals surface area contributed by atoms with Gasteiger partial charge in [-0.2, -0.15) is 5.10 Å². The minimum absolute atomic E-state index is 0.0939. The SMILES string of the molecule is O=[N+]([O-])c1cnn([C@@H]2CN3CCC2CC3)c1. The molecule has 86 valence electrons. The Kier molecular flexibility index (Phi) is 2.17. The van der Waals surface area contributed by atoms with E-state index in [0.717, 1.165) is 6.54 Å². The lowest BCUT2D eigenvalue weighted by atomic mass is 9.84. The molecule has 3 saturated heterocycles. The van der Waals surface area contributed by atoms with Gasteiger partial charge in [0.05, 0.1) is 11.0 Å². The van der Waals surface area contributed by atoms with Crippen molar-refractivity contribution in [3.8, 4) is 0 Å². The standard InChI is InChI=1S/C10H14N4O2/c15-14(16)9-5-11-13(6-9)10-7-12-3-1-8(10)2-4-12/h5-6,8,10H,1-4,7H2/t10-/m1/s1. The zero-order valence-corrected chi connectivity index (χ0v) is 8.95. The van der Waals surface area contributed by atoms with Gasteiger partial charge in [-0.1, -0.05) is 0 Å². The molecule has 4 rings (SSSR count). The molecule has 0 aliphatic carbocycles. The van der Waals surface area contributed by atoms with E-state index in [0.29, 0.717) is 12.0 Å². The molecule has 4 heterocycles. The summed E-state index contributed by atoms with van der Waals surface area (Å²) >= 11 is 0. The Morgan fingerprint density at radius 2 is 2.19 bits per heavy atom. The maximum Gasteiger partial charge on any atom is 0.307 e. The topological polar surface area (TPSA) is 64.2 Å². The van der Waals surface area contributed by atoms with Crippen molar-refractivity contribution in [1.29, 1.82) is 0 Å². The summed E-state index contributed by atoms with van der Waals surface area (Å²) in [6.07, 6.45) is 5.29. The lowest BCUT2D eigenvalue weighted by Crippen LogP contribution is -2.48. The van der Waals surface area contributed by atoms with Gasteiger partial charge in [0.15, 0.2) is 0 Å². The number of piperidine rings is 3. The summed E-state index contributed by atoms with van der Waals surface area (Å²) in [7, 11) is 0. The van der Waals surface area contributed by atoms with E-state index in [1.807, 2.05) is 0 Å². The van der Waals surface area contributed by atoms with Crippen LogP contribution in [-0.2, 0) is 0 Å². The predicted molar refractivity (Wildman–Crippen MR) is 57.1 cm³/mol. The van der Waals surface area contributed by atoms with Crippen LogP contribution in [0.25, 0.3) is 0 Å². The first-order valence-electron chi connectivity index (χ1n) is 5.65. The van der Waals surface area contributed by atoms with Crippen LogP contribution in [0.15, 0.2) is 12.4 Å². The van der Waals surface area contributed by atoms with Crippen LogP contribution in [0.3, 0.4) is 0 Å². The Labute approximate surface area is 93.0 Å². The molecule has 16 heavy (non-hydrogen) atoms. The van der Waals surface area contributed by atoms with Crippen LogP contribution in [0.2, 0.25) is 0 Å². The van der Waals surface area contributed by atoms with E-state index in [1.165, 1.54) is 32.1 Å². The molecule has 0 spiro atoms. The lowest BCUT2D eigenvalue weighted by Gasteiger charge is -2.44. The van der Waals surface area contributed by atoms with Crippen molar-refractivity contribution in [2.24, 2.45) is 5.92 Å². The molecule has 0 unspecified atom stereocenters. The van der Waals surface area contributed by atoms with Crippen molar-refractivity contribution in [2.45, 2.75) is 18.9 Å². The fraction of sp³-hybridized carbons (Fsp3) is 0.700. The highest BCUT2D eigenvalue weighted by molar-refractivity contribution is 5.21. The molecular formula is C10H14N4O2. The monoisotopic (exact) mass is 222 g/mol. The highest BCUT2D eigenvalue weighted by Gasteiger charge is 2.35. The van der Waals surface area contributed by atoms with Crippen molar-refractivity contribution < 1.29 is 4.92 Å². The summed E-state index contributed by atoms with van der Waals surface area (Å²) < 4.78 is 1.79. The maximum absolute atomic E-state index is 10.6. The molecule has 0 amide bonds. The Bertz CT molecular complexity index is 409. The molecule has 0 N–H and O–H groups in total. The first-order valence-corrected chi connectivity index (χ1v) is 5.65. The van der Waals surface area contributed by atoms with Crippen LogP contribution in [0.1, 0.15) is 18.9 Å². The van der Waals surface area contributed by atoms with Gasteiger partial charge in [-0.15, -0.1) is 0 Å². The number of hydrogen-bond acceptors (Lipinski definition) is 4. The van der Waals surface area contributed by atoms with Gasteiger partial charge >= 0.3 is 5.69 Å². The Morgan fingerprint density at radius 3 is 2.69 bits per heavy atom. The third-order valence-corrected chi connectivity index (χ3v) is 3.76. The summed E-state index contributed by atoms with van der Waals surface area (Å²) in [6, 6.07) is 0.330. The number of hydrogen-bond donors (Lipinski definition) is 0. The summed E-state index contributed by atoms with van der Waals surface area (Å²) in [5.41, 5.74) is 0.0939. The average Bonchev–Trinajstić information content (AvgIpc) is 2.80. The predicted octanol–water partition coefficient (Wildman–Crippen LogP) is 1.06. The summed E-state index contributed by atoms with van der Waals surface area (Å²) in [6.45, 7) is 3.33. The smallest absolute Gasteiger partial charge is 0.301 e. The van der Waals surface area contributed by atoms with Crippen molar-refractivity contribution in [1.82, 2.24) is 14.7 Å². The van der Waals surface area contributed by atoms with Crippen molar-refractivity contribution in [3.63, 3.8) is 0 Å². The van der Waals surface area contributed by atoms with Crippen LogP contribution in [-0.4, -0.2) is 39.2 Å². The van der Waals surface area contributed by atoms with E-state index >= 15 is 0 Å². The van der Waals surface area contributed by atoms with Crippen molar-refractivity contribution in [3.05, 3.63) is 22.5 Å². The van der Waals surface area contributed by atoms with Gasteiger partial charge in [-0.25, -0.2) is 0 Å². The van der Waals surface area contributed by atoms with E-state index < -0.39 is 0 Å². The Hall–Kier alpha value is -1.43. The molecule has 0 saturated carbocycles. The molecule has 0 aromatic carbocycles. The summed E-state index contributed by atoms with van der Waals surface area (Å²) in [5, 5.41) is 14.7. The van der Waals surface area contributed by atoms with Crippen LogP contribution < -0.4 is 0 Å². The minimum Gasteiger partial charge on any atom is -0.301 e. The number of nitrogens with zero attached hydrogens (tertiary/aromatic N) is 4. The molecule has 1 atom stereocenters. The van der Waals surface area contributed by atoms with Gasteiger partial charge in [0, 0.05) is 6.54 Å². The second-order valence-electron chi connectivity index (χ2n) is 4.64. The first kappa shape index (κ1) is 9.77. The number of rotatable bonds is 2. The van der Waals surface area contributed by atoms with E-state index in [9.17, 15) is 10.1 Å². The first-order chi connectivity index (χ1) is 7.74. The van der Waals surface area contributed by atoms with Gasteiger partial charge in [0.1, 0.15) is 12.4 Å². The zero-order chi connectivity index (χ0) is 11.1. The van der Waals surface area contributed by atoms with Crippen LogP contribution in [0, 0.1) is 16.0 Å². The highest BCUT2D eigenvalue weighted by atomic mass is 16.6. The molecule has 6 heteroatoms. The second-order valence-corrected chi connectivity index (χ2v) is 4.64. The zero-order valence-electron chi connectivity index (χ0n) is 8.95. The number of fused-ring (bicyclic) bond motifs is 3. The fourth-order valence-electron chi connectivity index (χ4n) is 2.84. The van der Waals surface area contributed by atoms with Gasteiger partial charge in [-0.3, -0.25) is 14.8 Å². The molecule has 3 fully saturated rings. The molecule has 6 nitrogen and oxygen atoms in total. The van der Waals surface area contributed by atoms with Crippen molar-refractivity contribution in [2.75, 3.05) is 19.6 Å². The normalized spacial score (nSPS) is 32.9. The van der Waals surface area contributed by atoms with Gasteiger partial charge in [-0.05, 0) is 31.8 Å². The van der Waals surface area contributed by atoms with E-state index in [4.69, 9.17) is 0 Å². The third-order valence-electron chi connectivity index (χ3n) is 3.76. The number of nitro groups is 1. The van der Waals surface area contributed by atoms with Crippen LogP contribution in [0.5, 0.6) is 0 Å². The van der Waals surface area contributed by atoms with Crippen LogP contribution >= 0.6 is 0 Å². The van der Waals surface area contributed by atoms with Crippen LogP contribution in [0.4, 0.5) is 5.69 Å². The molecule has 1 aromatic rings. The molecule has 3 aliphatic heterocycles. The van der Waals surface area contributed by atoms with Gasteiger partial charge in [0.25, 0.3) is 0 Å². The van der Waals surface area contributed by atoms with Gasteiger partial charge in [0.2, 0.25) is 0 Å². The summed E-state index contributed by atoms with van der Waals surface area (Å²) in [5.74, 6) is 0.643. The largest absolute Gasteiger partial charge is 0.307 e. The molecular weight excluding hydrogens is 208 g/mol. The maximum atomic E-state index is 10.6. The van der Waals surface area contributed by atoms with Crippen molar-refractivity contribution >= 4 is 5.69 Å². The lowest BCUT2D eigenvalue weighted by molar-refractivity contribution is -0.385. The fourth-order valence-corrected chi connectivity index (χ4v) is 2.84. The highest BCUT2D eigenvalue weighted by Crippen LogP contribution is 2.35. The minimum atomic E-state index is -0.384. The molecule has 3 aliphatic rings. The van der Waals surface area contributed by atoms with Gasteiger partial charge < -0.3 is 4.90 Å². The second kappa shape index (κ2) is 3.55. The Morgan fingerprint density at radius 1 is 1.44 bits per heavy atom. The third kappa shape index (κ3) is 1.49. The van der Waals surface area contributed by atoms with E-state index in [1.54, 1.807) is 10.9 Å². The van der Waals surface area contributed by atoms with E-state index in [2.05, 4.69) is 10.00 Å². The molecule has 2 bridgehead atoms. The molecule has 1 aromatic heterocycles.